The highest BCUT2D eigenvalue weighted by molar-refractivity contribution is 6.07. The van der Waals surface area contributed by atoms with E-state index in [1.807, 2.05) is 0 Å². The molecule has 1 aliphatic heterocycles. The van der Waals surface area contributed by atoms with Crippen LogP contribution in [-0.4, -0.2) is 54.1 Å². The average Bonchev–Trinajstić information content (AvgIpc) is 3.28. The normalized spacial score (nSPS) is 16.9. The molecule has 272 valence electrons. The maximum Gasteiger partial charge on any atom is 0.430 e. The molecule has 0 aliphatic carbocycles. The SMILES string of the molecule is CCCCOc1ccc(C2(C)NC(=O)N(CCCCOc3c(CCC)cc(C(O)(C(F)(F)F)C(F)(F)F)cc3Cc3ccccc3)C2=O)cc1. The maximum absolute atomic E-state index is 13.9. The van der Waals surface area contributed by atoms with Crippen LogP contribution in [0.2, 0.25) is 0 Å². The number of unbranched alkanes of at least 4 members (excludes halogenated alkanes) is 2. The van der Waals surface area contributed by atoms with E-state index in [4.69, 9.17) is 9.47 Å². The smallest absolute Gasteiger partial charge is 0.430 e. The largest absolute Gasteiger partial charge is 0.494 e. The number of carbonyl (C=O) groups is 2. The fourth-order valence-corrected chi connectivity index (χ4v) is 5.90. The van der Waals surface area contributed by atoms with Gasteiger partial charge in [0.15, 0.2) is 0 Å². The van der Waals surface area contributed by atoms with Crippen LogP contribution >= 0.6 is 0 Å². The lowest BCUT2D eigenvalue weighted by atomic mass is 9.86. The van der Waals surface area contributed by atoms with E-state index >= 15 is 0 Å². The predicted molar refractivity (Wildman–Crippen MR) is 175 cm³/mol. The lowest BCUT2D eigenvalue weighted by Crippen LogP contribution is -2.54. The highest BCUT2D eigenvalue weighted by Crippen LogP contribution is 2.51. The number of hydrogen-bond acceptors (Lipinski definition) is 5. The van der Waals surface area contributed by atoms with Gasteiger partial charge in [-0.3, -0.25) is 9.69 Å². The molecule has 0 radical (unpaired) electrons. The zero-order valence-corrected chi connectivity index (χ0v) is 28.2. The topological polar surface area (TPSA) is 88.1 Å². The van der Waals surface area contributed by atoms with Crippen molar-refractivity contribution in [2.75, 3.05) is 19.8 Å². The first-order valence-electron chi connectivity index (χ1n) is 16.6. The zero-order valence-electron chi connectivity index (χ0n) is 28.2. The predicted octanol–water partition coefficient (Wildman–Crippen LogP) is 8.35. The van der Waals surface area contributed by atoms with Gasteiger partial charge in [-0.15, -0.1) is 0 Å². The minimum Gasteiger partial charge on any atom is -0.494 e. The number of benzene rings is 3. The third-order valence-electron chi connectivity index (χ3n) is 8.73. The summed E-state index contributed by atoms with van der Waals surface area (Å²) in [5.74, 6) is 0.353. The van der Waals surface area contributed by atoms with E-state index in [-0.39, 0.29) is 42.9 Å². The number of alkyl halides is 6. The number of nitrogens with one attached hydrogen (secondary N) is 1. The summed E-state index contributed by atoms with van der Waals surface area (Å²) >= 11 is 0. The number of amides is 3. The fourth-order valence-electron chi connectivity index (χ4n) is 5.90. The van der Waals surface area contributed by atoms with Gasteiger partial charge in [-0.2, -0.15) is 26.3 Å². The van der Waals surface area contributed by atoms with Gasteiger partial charge in [0.25, 0.3) is 11.5 Å². The Kier molecular flexibility index (Phi) is 12.1. The molecule has 4 rings (SSSR count). The molecule has 13 heteroatoms. The molecule has 3 aromatic rings. The van der Waals surface area contributed by atoms with Crippen molar-refractivity contribution in [1.82, 2.24) is 10.2 Å². The zero-order chi connectivity index (χ0) is 36.7. The van der Waals surface area contributed by atoms with E-state index in [9.17, 15) is 41.0 Å². The van der Waals surface area contributed by atoms with Gasteiger partial charge in [0.05, 0.1) is 13.2 Å². The quantitative estimate of drug-likeness (QED) is 0.0888. The molecule has 7 nitrogen and oxygen atoms in total. The van der Waals surface area contributed by atoms with E-state index in [0.717, 1.165) is 17.7 Å². The van der Waals surface area contributed by atoms with Gasteiger partial charge in [0.2, 0.25) is 0 Å². The minimum absolute atomic E-state index is 0.00106. The number of aliphatic hydroxyl groups is 1. The molecule has 1 aliphatic rings. The Morgan fingerprint density at radius 2 is 1.42 bits per heavy atom. The van der Waals surface area contributed by atoms with Crippen LogP contribution in [0.3, 0.4) is 0 Å². The number of urea groups is 1. The number of imide groups is 1. The molecule has 2 N–H and O–H groups in total. The Labute approximate surface area is 287 Å². The molecule has 3 aromatic carbocycles. The Morgan fingerprint density at radius 1 is 0.800 bits per heavy atom. The van der Waals surface area contributed by atoms with Crippen LogP contribution in [0.4, 0.5) is 31.1 Å². The molecular formula is C37H42F6N2O5. The molecule has 1 saturated heterocycles. The van der Waals surface area contributed by atoms with E-state index in [2.05, 4.69) is 12.2 Å². The van der Waals surface area contributed by atoms with Crippen molar-refractivity contribution in [2.45, 2.75) is 89.2 Å². The second-order valence-electron chi connectivity index (χ2n) is 12.5. The monoisotopic (exact) mass is 708 g/mol. The number of hydrogen-bond donors (Lipinski definition) is 2. The minimum atomic E-state index is -6.04. The first kappa shape index (κ1) is 38.5. The Hall–Kier alpha value is -4.26. The van der Waals surface area contributed by atoms with Crippen LogP contribution in [0.1, 0.15) is 80.7 Å². The van der Waals surface area contributed by atoms with Gasteiger partial charge in [0.1, 0.15) is 17.0 Å². The van der Waals surface area contributed by atoms with Gasteiger partial charge in [-0.1, -0.05) is 69.2 Å². The van der Waals surface area contributed by atoms with Crippen molar-refractivity contribution in [2.24, 2.45) is 0 Å². The second kappa shape index (κ2) is 15.7. The van der Waals surface area contributed by atoms with E-state index in [1.165, 1.54) is 0 Å². The summed E-state index contributed by atoms with van der Waals surface area (Å²) in [6, 6.07) is 16.3. The van der Waals surface area contributed by atoms with Crippen molar-refractivity contribution in [1.29, 1.82) is 0 Å². The van der Waals surface area contributed by atoms with Crippen molar-refractivity contribution < 1.29 is 50.5 Å². The molecular weight excluding hydrogens is 666 g/mol. The third kappa shape index (κ3) is 8.20. The summed E-state index contributed by atoms with van der Waals surface area (Å²) in [4.78, 5) is 27.4. The number of rotatable bonds is 16. The standard InChI is InChI=1S/C37H42F6N2O5/c1-4-6-20-49-30-17-15-28(16-18-30)34(3)32(46)45(33(47)44-34)19-10-11-21-50-31-26(12-5-2)23-29(35(48,36(38,39)40)37(41,42)43)24-27(31)22-25-13-8-7-9-14-25/h7-9,13-18,23-24,48H,4-6,10-12,19-22H2,1-3H3,(H,44,47). The summed E-state index contributed by atoms with van der Waals surface area (Å²) in [6.07, 6.45) is -9.15. The number of nitrogens with zero attached hydrogens (tertiary/aromatic N) is 1. The van der Waals surface area contributed by atoms with Crippen LogP contribution < -0.4 is 14.8 Å². The highest BCUT2D eigenvalue weighted by Gasteiger charge is 2.71. The number of aryl methyl sites for hydroxylation is 1. The molecule has 0 spiro atoms. The maximum atomic E-state index is 13.9. The molecule has 0 saturated carbocycles. The number of ether oxygens (including phenoxy) is 2. The molecule has 1 atom stereocenters. The summed E-state index contributed by atoms with van der Waals surface area (Å²) in [5.41, 5.74) is -6.36. The van der Waals surface area contributed by atoms with Gasteiger partial charge < -0.3 is 19.9 Å². The van der Waals surface area contributed by atoms with Crippen molar-refractivity contribution in [3.8, 4) is 11.5 Å². The van der Waals surface area contributed by atoms with Crippen LogP contribution in [0.5, 0.6) is 11.5 Å². The van der Waals surface area contributed by atoms with Crippen LogP contribution in [-0.2, 0) is 28.8 Å². The second-order valence-corrected chi connectivity index (χ2v) is 12.5. The van der Waals surface area contributed by atoms with Gasteiger partial charge in [-0.05, 0) is 79.1 Å². The molecule has 0 bridgehead atoms. The average molecular weight is 709 g/mol. The van der Waals surface area contributed by atoms with Crippen molar-refractivity contribution in [3.63, 3.8) is 0 Å². The Balaban J connectivity index is 1.50. The van der Waals surface area contributed by atoms with Crippen LogP contribution in [0.25, 0.3) is 0 Å². The molecule has 1 fully saturated rings. The number of carbonyl (C=O) groups excluding carboxylic acids is 2. The van der Waals surface area contributed by atoms with Gasteiger partial charge >= 0.3 is 18.4 Å². The summed E-state index contributed by atoms with van der Waals surface area (Å²) in [7, 11) is 0. The summed E-state index contributed by atoms with van der Waals surface area (Å²) in [5, 5.41) is 13.0. The third-order valence-corrected chi connectivity index (χ3v) is 8.73. The number of halogens is 6. The molecule has 0 aromatic heterocycles. The van der Waals surface area contributed by atoms with E-state index < -0.39 is 41.0 Å². The first-order chi connectivity index (χ1) is 23.6. The van der Waals surface area contributed by atoms with Crippen molar-refractivity contribution in [3.05, 3.63) is 94.5 Å². The Morgan fingerprint density at radius 3 is 2.02 bits per heavy atom. The molecule has 1 heterocycles. The first-order valence-corrected chi connectivity index (χ1v) is 16.6. The van der Waals surface area contributed by atoms with Crippen LogP contribution in [0.15, 0.2) is 66.7 Å². The highest BCUT2D eigenvalue weighted by atomic mass is 19.4. The molecule has 3 amide bonds. The summed E-state index contributed by atoms with van der Waals surface area (Å²) < 4.78 is 95.0. The summed E-state index contributed by atoms with van der Waals surface area (Å²) in [6.45, 7) is 6.02. The molecule has 1 unspecified atom stereocenters. The fraction of sp³-hybridized carbons (Fsp3) is 0.459. The van der Waals surface area contributed by atoms with Gasteiger partial charge in [0, 0.05) is 18.5 Å². The Bertz CT molecular complexity index is 1600. The van der Waals surface area contributed by atoms with E-state index in [1.54, 1.807) is 68.4 Å². The van der Waals surface area contributed by atoms with Crippen molar-refractivity contribution >= 4 is 11.9 Å². The van der Waals surface area contributed by atoms with Crippen LogP contribution in [0, 0.1) is 0 Å². The van der Waals surface area contributed by atoms with E-state index in [0.29, 0.717) is 54.9 Å². The van der Waals surface area contributed by atoms with Gasteiger partial charge in [-0.25, -0.2) is 4.79 Å². The molecule has 50 heavy (non-hydrogen) atoms. The lowest BCUT2D eigenvalue weighted by molar-refractivity contribution is -0.376. The lowest BCUT2D eigenvalue weighted by Gasteiger charge is -2.33.